The van der Waals surface area contributed by atoms with Gasteiger partial charge >= 0.3 is 0 Å². The van der Waals surface area contributed by atoms with E-state index in [9.17, 15) is 10.1 Å². The van der Waals surface area contributed by atoms with Crippen LogP contribution < -0.4 is 11.5 Å². The lowest BCUT2D eigenvalue weighted by atomic mass is 10.1. The Morgan fingerprint density at radius 2 is 2.29 bits per heavy atom. The molecule has 0 heterocycles. The zero-order chi connectivity index (χ0) is 12.8. The summed E-state index contributed by atoms with van der Waals surface area (Å²) in [5.41, 5.74) is 11.6. The van der Waals surface area contributed by atoms with Crippen LogP contribution in [0.25, 0.3) is 0 Å². The van der Waals surface area contributed by atoms with E-state index >= 15 is 0 Å². The number of benzene rings is 1. The number of nitrogen functional groups attached to an aromatic ring is 1. The Morgan fingerprint density at radius 3 is 2.88 bits per heavy atom. The van der Waals surface area contributed by atoms with Gasteiger partial charge in [0, 0.05) is 18.7 Å². The molecule has 0 atom stereocenters. The normalized spacial score (nSPS) is 11.5. The van der Waals surface area contributed by atoms with Crippen molar-refractivity contribution in [2.45, 2.75) is 0 Å². The number of methoxy groups -OCH3 is 1. The van der Waals surface area contributed by atoms with Gasteiger partial charge in [0.25, 0.3) is 5.69 Å². The first-order valence-electron chi connectivity index (χ1n) is 4.89. The molecule has 0 radical (unpaired) electrons. The van der Waals surface area contributed by atoms with Gasteiger partial charge in [-0.1, -0.05) is 0 Å². The van der Waals surface area contributed by atoms with Crippen LogP contribution >= 0.6 is 0 Å². The lowest BCUT2D eigenvalue weighted by Crippen LogP contribution is -2.15. The third-order valence-electron chi connectivity index (χ3n) is 2.10. The number of nitro groups is 1. The Morgan fingerprint density at radius 1 is 1.59 bits per heavy atom. The van der Waals surface area contributed by atoms with Gasteiger partial charge in [0.1, 0.15) is 11.5 Å². The van der Waals surface area contributed by atoms with Gasteiger partial charge in [-0.3, -0.25) is 15.1 Å². The minimum Gasteiger partial charge on any atom is -0.393 e. The van der Waals surface area contributed by atoms with E-state index in [0.717, 1.165) is 0 Å². The quantitative estimate of drug-likeness (QED) is 0.194. The molecule has 1 rings (SSSR count). The van der Waals surface area contributed by atoms with Gasteiger partial charge in [-0.05, 0) is 12.1 Å². The molecule has 0 unspecified atom stereocenters. The molecule has 0 amide bonds. The van der Waals surface area contributed by atoms with Crippen LogP contribution in [0.3, 0.4) is 0 Å². The van der Waals surface area contributed by atoms with Gasteiger partial charge in [0.05, 0.1) is 18.1 Å². The Kier molecular flexibility index (Phi) is 4.41. The second-order valence-electron chi connectivity index (χ2n) is 3.29. The summed E-state index contributed by atoms with van der Waals surface area (Å²) in [5, 5.41) is 10.7. The molecule has 1 aromatic rings. The summed E-state index contributed by atoms with van der Waals surface area (Å²) in [7, 11) is 1.56. The second kappa shape index (κ2) is 5.80. The third-order valence-corrected chi connectivity index (χ3v) is 2.10. The number of hydrogen-bond donors (Lipinski definition) is 2. The van der Waals surface area contributed by atoms with Crippen LogP contribution in [0.2, 0.25) is 0 Å². The molecule has 17 heavy (non-hydrogen) atoms. The van der Waals surface area contributed by atoms with Gasteiger partial charge in [-0.25, -0.2) is 0 Å². The molecule has 7 nitrogen and oxygen atoms in total. The van der Waals surface area contributed by atoms with E-state index in [1.165, 1.54) is 12.1 Å². The van der Waals surface area contributed by atoms with Crippen molar-refractivity contribution in [3.63, 3.8) is 0 Å². The number of aliphatic imine (C=N–C) groups is 1. The van der Waals surface area contributed by atoms with Crippen LogP contribution in [0, 0.1) is 10.1 Å². The van der Waals surface area contributed by atoms with Crippen LogP contribution in [0.1, 0.15) is 5.56 Å². The maximum atomic E-state index is 10.7. The Labute approximate surface area is 98.2 Å². The molecule has 0 aliphatic carbocycles. The van der Waals surface area contributed by atoms with E-state index in [1.807, 2.05) is 0 Å². The minimum atomic E-state index is -0.554. The number of rotatable bonds is 5. The van der Waals surface area contributed by atoms with E-state index in [-0.39, 0.29) is 17.2 Å². The highest BCUT2D eigenvalue weighted by molar-refractivity contribution is 5.98. The van der Waals surface area contributed by atoms with Crippen LogP contribution in [0.5, 0.6) is 0 Å². The monoisotopic (exact) mass is 238 g/mol. The maximum Gasteiger partial charge on any atom is 0.292 e. The van der Waals surface area contributed by atoms with Crippen LogP contribution in [0.15, 0.2) is 23.2 Å². The molecule has 0 aliphatic rings. The highest BCUT2D eigenvalue weighted by Crippen LogP contribution is 2.22. The average Bonchev–Trinajstić information content (AvgIpc) is 2.29. The fourth-order valence-electron chi connectivity index (χ4n) is 1.21. The number of nitrogens with two attached hydrogens (primary N) is 2. The summed E-state index contributed by atoms with van der Waals surface area (Å²) in [6.45, 7) is 0.846. The maximum absolute atomic E-state index is 10.7. The first kappa shape index (κ1) is 12.9. The van der Waals surface area contributed by atoms with E-state index in [1.54, 1.807) is 13.2 Å². The lowest BCUT2D eigenvalue weighted by molar-refractivity contribution is -0.383. The summed E-state index contributed by atoms with van der Waals surface area (Å²) in [6, 6.07) is 4.33. The lowest BCUT2D eigenvalue weighted by Gasteiger charge is -2.03. The third kappa shape index (κ3) is 3.42. The fourth-order valence-corrected chi connectivity index (χ4v) is 1.21. The van der Waals surface area contributed by atoms with Crippen molar-refractivity contribution in [3.05, 3.63) is 33.9 Å². The van der Waals surface area contributed by atoms with Crippen molar-refractivity contribution in [2.75, 3.05) is 26.0 Å². The largest absolute Gasteiger partial charge is 0.393 e. The average molecular weight is 238 g/mol. The number of hydrogen-bond acceptors (Lipinski definition) is 5. The SMILES string of the molecule is COCCN=C(N)c1ccc(N)c([N+](=O)[O-])c1. The van der Waals surface area contributed by atoms with Crippen LogP contribution in [0.4, 0.5) is 11.4 Å². The molecular formula is C10H14N4O3. The summed E-state index contributed by atoms with van der Waals surface area (Å²) in [5.74, 6) is 0.227. The number of ether oxygens (including phenoxy) is 1. The van der Waals surface area contributed by atoms with Crippen LogP contribution in [-0.4, -0.2) is 31.0 Å². The Bertz CT molecular complexity index is 445. The highest BCUT2D eigenvalue weighted by Gasteiger charge is 2.13. The van der Waals surface area contributed by atoms with Gasteiger partial charge in [-0.2, -0.15) is 0 Å². The molecule has 0 aliphatic heterocycles. The number of nitro benzene ring substituents is 1. The summed E-state index contributed by atoms with van der Waals surface area (Å²) in [4.78, 5) is 14.1. The molecule has 0 saturated carbocycles. The van der Waals surface area contributed by atoms with Gasteiger partial charge in [0.15, 0.2) is 0 Å². The smallest absolute Gasteiger partial charge is 0.292 e. The summed E-state index contributed by atoms with van der Waals surface area (Å²) < 4.78 is 4.82. The topological polar surface area (TPSA) is 117 Å². The van der Waals surface area contributed by atoms with Crippen molar-refractivity contribution in [3.8, 4) is 0 Å². The predicted molar refractivity (Wildman–Crippen MR) is 65.0 cm³/mol. The number of nitrogens with zero attached hydrogens (tertiary/aromatic N) is 2. The molecule has 1 aromatic carbocycles. The first-order valence-corrected chi connectivity index (χ1v) is 4.89. The van der Waals surface area contributed by atoms with Crippen LogP contribution in [-0.2, 0) is 4.74 Å². The molecule has 0 saturated heterocycles. The van der Waals surface area contributed by atoms with E-state index in [4.69, 9.17) is 16.2 Å². The zero-order valence-electron chi connectivity index (χ0n) is 9.42. The standard InChI is InChI=1S/C10H14N4O3/c1-17-5-4-13-10(12)7-2-3-8(11)9(6-7)14(15)16/h2-3,6H,4-5,11H2,1H3,(H2,12,13). The van der Waals surface area contributed by atoms with Crippen molar-refractivity contribution in [1.82, 2.24) is 0 Å². The zero-order valence-corrected chi connectivity index (χ0v) is 9.42. The summed E-state index contributed by atoms with van der Waals surface area (Å²) >= 11 is 0. The molecule has 7 heteroatoms. The number of amidine groups is 1. The summed E-state index contributed by atoms with van der Waals surface area (Å²) in [6.07, 6.45) is 0. The van der Waals surface area contributed by atoms with Gasteiger partial charge < -0.3 is 16.2 Å². The van der Waals surface area contributed by atoms with Crippen molar-refractivity contribution in [2.24, 2.45) is 10.7 Å². The van der Waals surface area contributed by atoms with E-state index in [0.29, 0.717) is 18.7 Å². The molecule has 4 N–H and O–H groups in total. The molecule has 92 valence electrons. The van der Waals surface area contributed by atoms with E-state index < -0.39 is 4.92 Å². The van der Waals surface area contributed by atoms with E-state index in [2.05, 4.69) is 4.99 Å². The highest BCUT2D eigenvalue weighted by atomic mass is 16.6. The molecule has 0 aromatic heterocycles. The fraction of sp³-hybridized carbons (Fsp3) is 0.300. The van der Waals surface area contributed by atoms with Crippen molar-refractivity contribution in [1.29, 1.82) is 0 Å². The molecule has 0 bridgehead atoms. The first-order chi connectivity index (χ1) is 8.06. The molecular weight excluding hydrogens is 224 g/mol. The van der Waals surface area contributed by atoms with Crippen molar-refractivity contribution >= 4 is 17.2 Å². The second-order valence-corrected chi connectivity index (χ2v) is 3.29. The number of anilines is 1. The van der Waals surface area contributed by atoms with Crippen molar-refractivity contribution < 1.29 is 9.66 Å². The Hall–Kier alpha value is -2.15. The molecule has 0 spiro atoms. The molecule has 0 fully saturated rings. The van der Waals surface area contributed by atoms with Gasteiger partial charge in [0.2, 0.25) is 0 Å². The minimum absolute atomic E-state index is 0.100. The Balaban J connectivity index is 2.95. The van der Waals surface area contributed by atoms with Gasteiger partial charge in [-0.15, -0.1) is 0 Å². The predicted octanol–water partition coefficient (Wildman–Crippen LogP) is 0.529.